The summed E-state index contributed by atoms with van der Waals surface area (Å²) in [6, 6.07) is 19.3. The third-order valence-electron chi connectivity index (χ3n) is 6.93. The molecule has 4 nitrogen and oxygen atoms in total. The zero-order valence-electron chi connectivity index (χ0n) is 20.8. The number of amides is 1. The number of carbonyl (C=O) groups excluding carboxylic acids is 1. The van der Waals surface area contributed by atoms with Gasteiger partial charge in [-0.3, -0.25) is 9.69 Å². The highest BCUT2D eigenvalue weighted by atomic mass is 19.4. The molecule has 0 bridgehead atoms. The number of alkyl halides is 3. The molecule has 2 atom stereocenters. The quantitative estimate of drug-likeness (QED) is 0.340. The molecule has 1 aliphatic heterocycles. The minimum absolute atomic E-state index is 0.0704. The number of likely N-dealkylation sites (tertiary alicyclic amines) is 1. The summed E-state index contributed by atoms with van der Waals surface area (Å²) in [7, 11) is 1.61. The van der Waals surface area contributed by atoms with Crippen molar-refractivity contribution in [2.45, 2.75) is 32.1 Å². The largest absolute Gasteiger partial charge is 0.497 e. The second-order valence-corrected chi connectivity index (χ2v) is 9.55. The fourth-order valence-electron chi connectivity index (χ4n) is 4.96. The van der Waals surface area contributed by atoms with Crippen LogP contribution in [0.15, 0.2) is 72.8 Å². The summed E-state index contributed by atoms with van der Waals surface area (Å²) in [5.74, 6) is 0.579. The number of rotatable bonds is 8. The number of hydrogen-bond acceptors (Lipinski definition) is 3. The molecule has 1 fully saturated rings. The number of nitrogens with zero attached hydrogens (tertiary/aromatic N) is 2. The molecule has 4 rings (SSSR count). The average molecular weight is 515 g/mol. The molecule has 37 heavy (non-hydrogen) atoms. The van der Waals surface area contributed by atoms with Crippen LogP contribution in [0.25, 0.3) is 0 Å². The standard InChI is InChI=1S/C29H30F4N2O2/c1-20(36)35(16-22-5-11-26(30)12-6-22)18-24-17-34(15-21-3-9-25(10-4-21)29(31,32)33)19-28(24)23-7-13-27(37-2)14-8-23/h3-14,24,28H,15-19H2,1-2H3/t24-,28+/m0/s1. The highest BCUT2D eigenvalue weighted by Gasteiger charge is 2.36. The van der Waals surface area contributed by atoms with E-state index in [1.165, 1.54) is 31.2 Å². The van der Waals surface area contributed by atoms with Gasteiger partial charge in [-0.05, 0) is 59.0 Å². The van der Waals surface area contributed by atoms with Crippen LogP contribution in [0.2, 0.25) is 0 Å². The van der Waals surface area contributed by atoms with Gasteiger partial charge in [0.1, 0.15) is 11.6 Å². The Bertz CT molecular complexity index is 1180. The Hall–Kier alpha value is -3.39. The van der Waals surface area contributed by atoms with Crippen LogP contribution in [0.5, 0.6) is 5.75 Å². The van der Waals surface area contributed by atoms with Crippen LogP contribution in [-0.4, -0.2) is 42.5 Å². The van der Waals surface area contributed by atoms with Crippen molar-refractivity contribution in [3.8, 4) is 5.75 Å². The molecule has 3 aromatic rings. The number of benzene rings is 3. The predicted molar refractivity (Wildman–Crippen MR) is 133 cm³/mol. The van der Waals surface area contributed by atoms with E-state index in [1.54, 1.807) is 24.1 Å². The number of carbonyl (C=O) groups is 1. The zero-order valence-corrected chi connectivity index (χ0v) is 20.8. The van der Waals surface area contributed by atoms with Crippen LogP contribution < -0.4 is 4.74 Å². The van der Waals surface area contributed by atoms with Crippen molar-refractivity contribution >= 4 is 5.91 Å². The third-order valence-corrected chi connectivity index (χ3v) is 6.93. The molecule has 0 unspecified atom stereocenters. The van der Waals surface area contributed by atoms with E-state index in [4.69, 9.17) is 4.74 Å². The highest BCUT2D eigenvalue weighted by molar-refractivity contribution is 5.73. The SMILES string of the molecule is COc1ccc([C@H]2CN(Cc3ccc(C(F)(F)F)cc3)C[C@H]2CN(Cc2ccc(F)cc2)C(C)=O)cc1. The first kappa shape index (κ1) is 26.7. The first-order chi connectivity index (χ1) is 17.6. The fourth-order valence-corrected chi connectivity index (χ4v) is 4.96. The van der Waals surface area contributed by atoms with Crippen LogP contribution in [0, 0.1) is 11.7 Å². The number of ether oxygens (including phenoxy) is 1. The van der Waals surface area contributed by atoms with E-state index in [0.717, 1.165) is 34.6 Å². The maximum atomic E-state index is 13.4. The monoisotopic (exact) mass is 514 g/mol. The molecular formula is C29H30F4N2O2. The summed E-state index contributed by atoms with van der Waals surface area (Å²) in [6.07, 6.45) is -4.36. The second-order valence-electron chi connectivity index (χ2n) is 9.55. The lowest BCUT2D eigenvalue weighted by molar-refractivity contribution is -0.137. The van der Waals surface area contributed by atoms with E-state index >= 15 is 0 Å². The lowest BCUT2D eigenvalue weighted by atomic mass is 9.88. The normalized spacial score (nSPS) is 18.1. The van der Waals surface area contributed by atoms with Gasteiger partial charge < -0.3 is 9.64 Å². The van der Waals surface area contributed by atoms with Gasteiger partial charge in [-0.1, -0.05) is 36.4 Å². The van der Waals surface area contributed by atoms with Crippen molar-refractivity contribution in [1.82, 2.24) is 9.80 Å². The molecular weight excluding hydrogens is 484 g/mol. The Kier molecular flexibility index (Phi) is 8.17. The number of halogens is 4. The Morgan fingerprint density at radius 2 is 1.57 bits per heavy atom. The van der Waals surface area contributed by atoms with Crippen LogP contribution in [-0.2, 0) is 24.1 Å². The molecule has 0 aromatic heterocycles. The molecule has 0 spiro atoms. The van der Waals surface area contributed by atoms with Crippen molar-refractivity contribution in [3.05, 3.63) is 101 Å². The topological polar surface area (TPSA) is 32.8 Å². The van der Waals surface area contributed by atoms with Gasteiger partial charge in [-0.15, -0.1) is 0 Å². The van der Waals surface area contributed by atoms with E-state index in [9.17, 15) is 22.4 Å². The maximum absolute atomic E-state index is 13.4. The van der Waals surface area contributed by atoms with Gasteiger partial charge in [0, 0.05) is 45.6 Å². The van der Waals surface area contributed by atoms with Gasteiger partial charge in [-0.2, -0.15) is 13.2 Å². The van der Waals surface area contributed by atoms with E-state index in [2.05, 4.69) is 4.90 Å². The Balaban J connectivity index is 1.53. The molecule has 8 heteroatoms. The Morgan fingerprint density at radius 3 is 2.14 bits per heavy atom. The Labute approximate surface area is 214 Å². The fraction of sp³-hybridized carbons (Fsp3) is 0.345. The smallest absolute Gasteiger partial charge is 0.416 e. The van der Waals surface area contributed by atoms with E-state index < -0.39 is 11.7 Å². The van der Waals surface area contributed by atoms with Crippen LogP contribution in [0.3, 0.4) is 0 Å². The van der Waals surface area contributed by atoms with Gasteiger partial charge >= 0.3 is 6.18 Å². The zero-order chi connectivity index (χ0) is 26.6. The summed E-state index contributed by atoms with van der Waals surface area (Å²) in [5.41, 5.74) is 2.10. The minimum Gasteiger partial charge on any atom is -0.497 e. The van der Waals surface area contributed by atoms with Crippen molar-refractivity contribution in [1.29, 1.82) is 0 Å². The molecule has 196 valence electrons. The number of methoxy groups -OCH3 is 1. The summed E-state index contributed by atoms with van der Waals surface area (Å²) in [4.78, 5) is 16.5. The van der Waals surface area contributed by atoms with Gasteiger partial charge in [0.2, 0.25) is 5.91 Å². The van der Waals surface area contributed by atoms with Crippen molar-refractivity contribution in [2.75, 3.05) is 26.7 Å². The molecule has 0 N–H and O–H groups in total. The predicted octanol–water partition coefficient (Wildman–Crippen LogP) is 6.12. The maximum Gasteiger partial charge on any atom is 0.416 e. The molecule has 0 saturated carbocycles. The molecule has 1 amide bonds. The summed E-state index contributed by atoms with van der Waals surface area (Å²) >= 11 is 0. The van der Waals surface area contributed by atoms with E-state index in [1.807, 2.05) is 24.3 Å². The van der Waals surface area contributed by atoms with Crippen LogP contribution in [0.1, 0.15) is 35.1 Å². The van der Waals surface area contributed by atoms with E-state index in [-0.39, 0.29) is 23.6 Å². The summed E-state index contributed by atoms with van der Waals surface area (Å²) in [5, 5.41) is 0. The molecule has 1 heterocycles. The van der Waals surface area contributed by atoms with Crippen LogP contribution in [0.4, 0.5) is 17.6 Å². The third kappa shape index (κ3) is 6.89. The van der Waals surface area contributed by atoms with Gasteiger partial charge in [0.05, 0.1) is 12.7 Å². The van der Waals surface area contributed by atoms with Gasteiger partial charge in [0.25, 0.3) is 0 Å². The Morgan fingerprint density at radius 1 is 0.946 bits per heavy atom. The summed E-state index contributed by atoms with van der Waals surface area (Å²) in [6.45, 7) is 4.32. The lowest BCUT2D eigenvalue weighted by Crippen LogP contribution is -2.35. The highest BCUT2D eigenvalue weighted by Crippen LogP contribution is 2.36. The number of hydrogen-bond donors (Lipinski definition) is 0. The van der Waals surface area contributed by atoms with Gasteiger partial charge in [-0.25, -0.2) is 4.39 Å². The molecule has 3 aromatic carbocycles. The molecule has 1 aliphatic rings. The first-order valence-electron chi connectivity index (χ1n) is 12.1. The second kappa shape index (κ2) is 11.3. The van der Waals surface area contributed by atoms with Gasteiger partial charge in [0.15, 0.2) is 0 Å². The average Bonchev–Trinajstić information content (AvgIpc) is 3.26. The first-order valence-corrected chi connectivity index (χ1v) is 12.1. The van der Waals surface area contributed by atoms with Crippen molar-refractivity contribution in [2.24, 2.45) is 5.92 Å². The molecule has 1 saturated heterocycles. The minimum atomic E-state index is -4.36. The van der Waals surface area contributed by atoms with Crippen molar-refractivity contribution in [3.63, 3.8) is 0 Å². The summed E-state index contributed by atoms with van der Waals surface area (Å²) < 4.78 is 57.5. The lowest BCUT2D eigenvalue weighted by Gasteiger charge is -2.28. The van der Waals surface area contributed by atoms with Crippen LogP contribution >= 0.6 is 0 Å². The molecule has 0 radical (unpaired) electrons. The van der Waals surface area contributed by atoms with Crippen molar-refractivity contribution < 1.29 is 27.1 Å². The molecule has 0 aliphatic carbocycles. The van der Waals surface area contributed by atoms with E-state index in [0.29, 0.717) is 32.7 Å².